The average Bonchev–Trinajstić information content (AvgIpc) is 2.39. The van der Waals surface area contributed by atoms with Crippen LogP contribution in [0, 0.1) is 5.92 Å². The van der Waals surface area contributed by atoms with E-state index in [0.29, 0.717) is 6.54 Å². The van der Waals surface area contributed by atoms with Gasteiger partial charge < -0.3 is 10.6 Å². The van der Waals surface area contributed by atoms with Crippen molar-refractivity contribution >= 4 is 5.95 Å². The van der Waals surface area contributed by atoms with Crippen LogP contribution in [0.4, 0.5) is 5.95 Å². The van der Waals surface area contributed by atoms with E-state index in [9.17, 15) is 0 Å². The summed E-state index contributed by atoms with van der Waals surface area (Å²) in [5.41, 5.74) is 6.52. The number of aromatic nitrogens is 2. The van der Waals surface area contributed by atoms with Crippen molar-refractivity contribution in [3.8, 4) is 0 Å². The molecule has 16 heavy (non-hydrogen) atoms. The second-order valence-corrected chi connectivity index (χ2v) is 4.46. The van der Waals surface area contributed by atoms with E-state index in [-0.39, 0.29) is 0 Å². The minimum Gasteiger partial charge on any atom is -0.341 e. The molecule has 1 aliphatic heterocycles. The van der Waals surface area contributed by atoms with E-state index in [1.54, 1.807) is 0 Å². The van der Waals surface area contributed by atoms with Gasteiger partial charge in [0.1, 0.15) is 0 Å². The predicted molar refractivity (Wildman–Crippen MR) is 65.2 cm³/mol. The third-order valence-corrected chi connectivity index (χ3v) is 3.31. The lowest BCUT2D eigenvalue weighted by molar-refractivity contribution is 0.401. The maximum absolute atomic E-state index is 5.53. The highest BCUT2D eigenvalue weighted by Crippen LogP contribution is 2.21. The molecule has 88 valence electrons. The summed E-state index contributed by atoms with van der Waals surface area (Å²) in [5.74, 6) is 1.65. The Labute approximate surface area is 96.9 Å². The Bertz CT molecular complexity index is 322. The molecule has 0 amide bonds. The first-order valence-electron chi connectivity index (χ1n) is 6.09. The van der Waals surface area contributed by atoms with Crippen LogP contribution in [-0.2, 0) is 6.54 Å². The molecule has 2 rings (SSSR count). The van der Waals surface area contributed by atoms with Crippen molar-refractivity contribution in [3.63, 3.8) is 0 Å². The third kappa shape index (κ3) is 2.50. The average molecular weight is 220 g/mol. The molecule has 0 spiro atoms. The summed E-state index contributed by atoms with van der Waals surface area (Å²) in [6.07, 6.45) is 7.50. The van der Waals surface area contributed by atoms with Crippen LogP contribution in [0.5, 0.6) is 0 Å². The first-order chi connectivity index (χ1) is 7.83. The highest BCUT2D eigenvalue weighted by Gasteiger charge is 2.20. The summed E-state index contributed by atoms with van der Waals surface area (Å²) in [7, 11) is 0. The molecule has 2 N–H and O–H groups in total. The topological polar surface area (TPSA) is 55.0 Å². The quantitative estimate of drug-likeness (QED) is 0.840. The minimum atomic E-state index is 0.512. The smallest absolute Gasteiger partial charge is 0.225 e. The summed E-state index contributed by atoms with van der Waals surface area (Å²) in [4.78, 5) is 11.0. The minimum absolute atomic E-state index is 0.512. The van der Waals surface area contributed by atoms with Gasteiger partial charge in [-0.25, -0.2) is 9.97 Å². The molecule has 1 unspecified atom stereocenters. The molecule has 1 atom stereocenters. The standard InChI is InChI=1S/C12H20N4/c1-2-10-4-3-5-16(9-10)12-14-7-11(6-13)8-15-12/h7-8,10H,2-6,9,13H2,1H3. The van der Waals surface area contributed by atoms with E-state index < -0.39 is 0 Å². The van der Waals surface area contributed by atoms with Crippen LogP contribution in [-0.4, -0.2) is 23.1 Å². The van der Waals surface area contributed by atoms with Crippen molar-refractivity contribution < 1.29 is 0 Å². The normalized spacial score (nSPS) is 21.1. The van der Waals surface area contributed by atoms with Crippen molar-refractivity contribution in [1.29, 1.82) is 0 Å². The zero-order valence-electron chi connectivity index (χ0n) is 9.89. The van der Waals surface area contributed by atoms with Crippen LogP contribution in [0.25, 0.3) is 0 Å². The van der Waals surface area contributed by atoms with Gasteiger partial charge in [0, 0.05) is 37.6 Å². The van der Waals surface area contributed by atoms with Crippen molar-refractivity contribution in [3.05, 3.63) is 18.0 Å². The molecular formula is C12H20N4. The van der Waals surface area contributed by atoms with Gasteiger partial charge in [0.2, 0.25) is 5.95 Å². The second kappa shape index (κ2) is 5.25. The largest absolute Gasteiger partial charge is 0.341 e. The molecule has 0 saturated carbocycles. The maximum Gasteiger partial charge on any atom is 0.225 e. The van der Waals surface area contributed by atoms with Gasteiger partial charge in [0.15, 0.2) is 0 Å². The number of anilines is 1. The molecule has 0 radical (unpaired) electrons. The fraction of sp³-hybridized carbons (Fsp3) is 0.667. The van der Waals surface area contributed by atoms with Crippen LogP contribution in [0.1, 0.15) is 31.7 Å². The molecule has 0 aromatic carbocycles. The fourth-order valence-electron chi connectivity index (χ4n) is 2.20. The van der Waals surface area contributed by atoms with Gasteiger partial charge in [-0.2, -0.15) is 0 Å². The molecular weight excluding hydrogens is 200 g/mol. The summed E-state index contributed by atoms with van der Waals surface area (Å²) in [6, 6.07) is 0. The van der Waals surface area contributed by atoms with Gasteiger partial charge in [0.25, 0.3) is 0 Å². The van der Waals surface area contributed by atoms with Gasteiger partial charge in [-0.05, 0) is 18.8 Å². The number of hydrogen-bond acceptors (Lipinski definition) is 4. The van der Waals surface area contributed by atoms with Crippen LogP contribution in [0.3, 0.4) is 0 Å². The zero-order valence-corrected chi connectivity index (χ0v) is 9.89. The lowest BCUT2D eigenvalue weighted by atomic mass is 9.96. The molecule has 0 bridgehead atoms. The van der Waals surface area contributed by atoms with Crippen molar-refractivity contribution in [2.24, 2.45) is 11.7 Å². The van der Waals surface area contributed by atoms with E-state index in [0.717, 1.165) is 30.5 Å². The molecule has 0 aliphatic carbocycles. The molecule has 1 saturated heterocycles. The monoisotopic (exact) mass is 220 g/mol. The molecule has 4 heteroatoms. The maximum atomic E-state index is 5.53. The van der Waals surface area contributed by atoms with Gasteiger partial charge >= 0.3 is 0 Å². The van der Waals surface area contributed by atoms with Crippen molar-refractivity contribution in [2.45, 2.75) is 32.7 Å². The van der Waals surface area contributed by atoms with E-state index >= 15 is 0 Å². The summed E-state index contributed by atoms with van der Waals surface area (Å²) in [5, 5.41) is 0. The van der Waals surface area contributed by atoms with Crippen LogP contribution in [0.15, 0.2) is 12.4 Å². The van der Waals surface area contributed by atoms with E-state index in [4.69, 9.17) is 5.73 Å². The zero-order chi connectivity index (χ0) is 11.4. The van der Waals surface area contributed by atoms with Crippen LogP contribution >= 0.6 is 0 Å². The Kier molecular flexibility index (Phi) is 3.72. The van der Waals surface area contributed by atoms with Crippen molar-refractivity contribution in [1.82, 2.24) is 9.97 Å². The molecule has 1 fully saturated rings. The lowest BCUT2D eigenvalue weighted by Gasteiger charge is -2.32. The number of nitrogens with zero attached hydrogens (tertiary/aromatic N) is 3. The Balaban J connectivity index is 2.05. The molecule has 1 aliphatic rings. The molecule has 1 aromatic heterocycles. The first kappa shape index (κ1) is 11.3. The van der Waals surface area contributed by atoms with E-state index in [2.05, 4.69) is 21.8 Å². The van der Waals surface area contributed by atoms with Crippen molar-refractivity contribution in [2.75, 3.05) is 18.0 Å². The summed E-state index contributed by atoms with van der Waals surface area (Å²) in [6.45, 7) is 4.95. The highest BCUT2D eigenvalue weighted by molar-refractivity contribution is 5.30. The third-order valence-electron chi connectivity index (χ3n) is 3.31. The first-order valence-corrected chi connectivity index (χ1v) is 6.09. The van der Waals surface area contributed by atoms with Gasteiger partial charge in [-0.1, -0.05) is 13.3 Å². The van der Waals surface area contributed by atoms with Crippen LogP contribution < -0.4 is 10.6 Å². The lowest BCUT2D eigenvalue weighted by Crippen LogP contribution is -2.36. The molecule has 1 aromatic rings. The fourth-order valence-corrected chi connectivity index (χ4v) is 2.20. The second-order valence-electron chi connectivity index (χ2n) is 4.46. The summed E-state index contributed by atoms with van der Waals surface area (Å²) < 4.78 is 0. The summed E-state index contributed by atoms with van der Waals surface area (Å²) >= 11 is 0. The van der Waals surface area contributed by atoms with Gasteiger partial charge in [0.05, 0.1) is 0 Å². The van der Waals surface area contributed by atoms with E-state index in [1.807, 2.05) is 12.4 Å². The van der Waals surface area contributed by atoms with Gasteiger partial charge in [-0.3, -0.25) is 0 Å². The molecule has 4 nitrogen and oxygen atoms in total. The number of hydrogen-bond donors (Lipinski definition) is 1. The predicted octanol–water partition coefficient (Wildman–Crippen LogP) is 1.56. The Morgan fingerprint density at radius 2 is 2.19 bits per heavy atom. The Morgan fingerprint density at radius 1 is 1.44 bits per heavy atom. The number of piperidine rings is 1. The van der Waals surface area contributed by atoms with Crippen LogP contribution in [0.2, 0.25) is 0 Å². The number of rotatable bonds is 3. The van der Waals surface area contributed by atoms with E-state index in [1.165, 1.54) is 19.3 Å². The Morgan fingerprint density at radius 3 is 2.81 bits per heavy atom. The Hall–Kier alpha value is -1.16. The highest BCUT2D eigenvalue weighted by atomic mass is 15.2. The molecule has 2 heterocycles. The number of nitrogens with two attached hydrogens (primary N) is 1. The van der Waals surface area contributed by atoms with Gasteiger partial charge in [-0.15, -0.1) is 0 Å². The SMILES string of the molecule is CCC1CCCN(c2ncc(CN)cn2)C1.